The van der Waals surface area contributed by atoms with E-state index in [1.54, 1.807) is 0 Å². The molecule has 2 fully saturated rings. The van der Waals surface area contributed by atoms with E-state index >= 15 is 0 Å². The lowest BCUT2D eigenvalue weighted by Crippen LogP contribution is -2.44. The number of piperidine rings is 2. The molecule has 7 heteroatoms. The van der Waals surface area contributed by atoms with Crippen molar-refractivity contribution in [1.29, 1.82) is 0 Å². The Kier molecular flexibility index (Phi) is 6.21. The summed E-state index contributed by atoms with van der Waals surface area (Å²) in [4.78, 5) is 31.6. The summed E-state index contributed by atoms with van der Waals surface area (Å²) in [6.45, 7) is 2.59. The van der Waals surface area contributed by atoms with Crippen LogP contribution in [0.5, 0.6) is 0 Å². The van der Waals surface area contributed by atoms with Gasteiger partial charge in [0, 0.05) is 13.1 Å². The van der Waals surface area contributed by atoms with Gasteiger partial charge in [-0.15, -0.1) is 0 Å². The summed E-state index contributed by atoms with van der Waals surface area (Å²) < 4.78 is 0. The molecule has 0 radical (unpaired) electrons. The standard InChI is InChI=1S/C19H27N3O4/c23-18(24)16-8-1-3-10-21(16)12-14-6-5-7-15(20-14)13-22-11-4-2-9-17(22)19(25)26/h5-7,16-17H,1-4,8-13H2,(H,23,24)(H,25,26). The van der Waals surface area contributed by atoms with Gasteiger partial charge in [-0.3, -0.25) is 24.4 Å². The molecule has 7 nitrogen and oxygen atoms in total. The van der Waals surface area contributed by atoms with Crippen LogP contribution >= 0.6 is 0 Å². The SMILES string of the molecule is O=C(O)C1CCCCN1Cc1cccc(CN2CCCCC2C(=O)O)n1. The van der Waals surface area contributed by atoms with Gasteiger partial charge in [0.15, 0.2) is 0 Å². The molecule has 0 aromatic carbocycles. The van der Waals surface area contributed by atoms with E-state index in [0.29, 0.717) is 25.9 Å². The third-order valence-electron chi connectivity index (χ3n) is 5.39. The number of hydrogen-bond acceptors (Lipinski definition) is 5. The van der Waals surface area contributed by atoms with Crippen molar-refractivity contribution in [3.8, 4) is 0 Å². The number of hydrogen-bond donors (Lipinski definition) is 2. The number of carboxylic acid groups (broad SMARTS) is 2. The maximum Gasteiger partial charge on any atom is 0.320 e. The van der Waals surface area contributed by atoms with Gasteiger partial charge in [-0.05, 0) is 50.9 Å². The number of pyridine rings is 1. The highest BCUT2D eigenvalue weighted by molar-refractivity contribution is 5.74. The summed E-state index contributed by atoms with van der Waals surface area (Å²) in [6.07, 6.45) is 5.29. The van der Waals surface area contributed by atoms with Crippen molar-refractivity contribution in [2.75, 3.05) is 13.1 Å². The summed E-state index contributed by atoms with van der Waals surface area (Å²) in [5, 5.41) is 18.8. The molecule has 2 N–H and O–H groups in total. The Morgan fingerprint density at radius 1 is 0.885 bits per heavy atom. The molecule has 1 aromatic rings. The summed E-state index contributed by atoms with van der Waals surface area (Å²) in [5.41, 5.74) is 1.69. The van der Waals surface area contributed by atoms with Crippen molar-refractivity contribution in [1.82, 2.24) is 14.8 Å². The van der Waals surface area contributed by atoms with Crippen molar-refractivity contribution in [3.63, 3.8) is 0 Å². The van der Waals surface area contributed by atoms with Crippen LogP contribution in [0, 0.1) is 0 Å². The van der Waals surface area contributed by atoms with Crippen molar-refractivity contribution in [3.05, 3.63) is 29.6 Å². The molecule has 0 aliphatic carbocycles. The van der Waals surface area contributed by atoms with Gasteiger partial charge >= 0.3 is 11.9 Å². The second-order valence-corrected chi connectivity index (χ2v) is 7.26. The van der Waals surface area contributed by atoms with E-state index < -0.39 is 24.0 Å². The predicted octanol–water partition coefficient (Wildman–Crippen LogP) is 1.96. The largest absolute Gasteiger partial charge is 0.480 e. The van der Waals surface area contributed by atoms with E-state index in [4.69, 9.17) is 0 Å². The summed E-state index contributed by atoms with van der Waals surface area (Å²) >= 11 is 0. The summed E-state index contributed by atoms with van der Waals surface area (Å²) in [7, 11) is 0. The molecule has 0 bridgehead atoms. The van der Waals surface area contributed by atoms with Gasteiger partial charge in [0.2, 0.25) is 0 Å². The van der Waals surface area contributed by atoms with Gasteiger partial charge in [-0.2, -0.15) is 0 Å². The molecule has 142 valence electrons. The molecule has 2 unspecified atom stereocenters. The monoisotopic (exact) mass is 361 g/mol. The molecule has 2 aliphatic heterocycles. The number of aliphatic carboxylic acids is 2. The number of likely N-dealkylation sites (tertiary alicyclic amines) is 2. The molecule has 3 heterocycles. The zero-order valence-electron chi connectivity index (χ0n) is 15.0. The van der Waals surface area contributed by atoms with E-state index in [0.717, 1.165) is 50.2 Å². The average Bonchev–Trinajstić information content (AvgIpc) is 2.62. The molecule has 26 heavy (non-hydrogen) atoms. The smallest absolute Gasteiger partial charge is 0.320 e. The van der Waals surface area contributed by atoms with Crippen molar-refractivity contribution in [2.45, 2.75) is 63.7 Å². The fourth-order valence-electron chi connectivity index (χ4n) is 4.04. The minimum atomic E-state index is -0.765. The number of rotatable bonds is 6. The first-order chi connectivity index (χ1) is 12.5. The maximum atomic E-state index is 11.5. The Morgan fingerprint density at radius 3 is 1.77 bits per heavy atom. The van der Waals surface area contributed by atoms with Crippen molar-refractivity contribution >= 4 is 11.9 Å². The topological polar surface area (TPSA) is 94.0 Å². The minimum Gasteiger partial charge on any atom is -0.480 e. The van der Waals surface area contributed by atoms with Gasteiger partial charge < -0.3 is 10.2 Å². The fraction of sp³-hybridized carbons (Fsp3) is 0.632. The lowest BCUT2D eigenvalue weighted by molar-refractivity contribution is -0.145. The highest BCUT2D eigenvalue weighted by Gasteiger charge is 2.30. The molecular formula is C19H27N3O4. The molecule has 0 amide bonds. The predicted molar refractivity (Wildman–Crippen MR) is 95.6 cm³/mol. The second-order valence-electron chi connectivity index (χ2n) is 7.26. The molecular weight excluding hydrogens is 334 g/mol. The number of carboxylic acids is 2. The lowest BCUT2D eigenvalue weighted by atomic mass is 10.0. The first-order valence-electron chi connectivity index (χ1n) is 9.43. The van der Waals surface area contributed by atoms with Crippen molar-refractivity contribution in [2.24, 2.45) is 0 Å². The van der Waals surface area contributed by atoms with Crippen LogP contribution in [0.25, 0.3) is 0 Å². The van der Waals surface area contributed by atoms with E-state index in [2.05, 4.69) is 4.98 Å². The summed E-state index contributed by atoms with van der Waals surface area (Å²) in [5.74, 6) is -1.53. The molecule has 2 saturated heterocycles. The van der Waals surface area contributed by atoms with Gasteiger partial charge in [-0.25, -0.2) is 0 Å². The van der Waals surface area contributed by atoms with E-state index in [1.807, 2.05) is 28.0 Å². The Morgan fingerprint density at radius 2 is 1.35 bits per heavy atom. The molecule has 0 saturated carbocycles. The van der Waals surface area contributed by atoms with Crippen LogP contribution in [0.2, 0.25) is 0 Å². The summed E-state index contributed by atoms with van der Waals surface area (Å²) in [6, 6.07) is 4.89. The average molecular weight is 361 g/mol. The molecule has 0 spiro atoms. The third-order valence-corrected chi connectivity index (χ3v) is 5.39. The van der Waals surface area contributed by atoms with Gasteiger partial charge in [0.25, 0.3) is 0 Å². The van der Waals surface area contributed by atoms with Crippen molar-refractivity contribution < 1.29 is 19.8 Å². The molecule has 2 aliphatic rings. The Balaban J connectivity index is 1.67. The Bertz CT molecular complexity index is 600. The van der Waals surface area contributed by atoms with E-state index in [9.17, 15) is 19.8 Å². The maximum absolute atomic E-state index is 11.5. The Labute approximate surface area is 153 Å². The Hall–Kier alpha value is -1.99. The lowest BCUT2D eigenvalue weighted by Gasteiger charge is -2.33. The highest BCUT2D eigenvalue weighted by Crippen LogP contribution is 2.21. The molecule has 2 atom stereocenters. The normalized spacial score (nSPS) is 25.1. The highest BCUT2D eigenvalue weighted by atomic mass is 16.4. The van der Waals surface area contributed by atoms with Gasteiger partial charge in [0.1, 0.15) is 12.1 Å². The second kappa shape index (κ2) is 8.60. The van der Waals surface area contributed by atoms with Crippen LogP contribution in [-0.4, -0.2) is 62.1 Å². The first kappa shape index (κ1) is 18.8. The van der Waals surface area contributed by atoms with Gasteiger partial charge in [-0.1, -0.05) is 18.9 Å². The number of aromatic nitrogens is 1. The van der Waals surface area contributed by atoms with E-state index in [1.165, 1.54) is 0 Å². The number of nitrogens with zero attached hydrogens (tertiary/aromatic N) is 3. The molecule has 1 aromatic heterocycles. The number of carbonyl (C=O) groups is 2. The third kappa shape index (κ3) is 4.59. The fourth-order valence-corrected chi connectivity index (χ4v) is 4.04. The van der Waals surface area contributed by atoms with Crippen LogP contribution in [0.3, 0.4) is 0 Å². The zero-order chi connectivity index (χ0) is 18.5. The van der Waals surface area contributed by atoms with E-state index in [-0.39, 0.29) is 0 Å². The molecule has 3 rings (SSSR count). The van der Waals surface area contributed by atoms with Crippen LogP contribution < -0.4 is 0 Å². The van der Waals surface area contributed by atoms with Crippen LogP contribution in [-0.2, 0) is 22.7 Å². The van der Waals surface area contributed by atoms with Crippen LogP contribution in [0.1, 0.15) is 49.9 Å². The zero-order valence-corrected chi connectivity index (χ0v) is 15.0. The first-order valence-corrected chi connectivity index (χ1v) is 9.43. The quantitative estimate of drug-likeness (QED) is 0.800. The van der Waals surface area contributed by atoms with Crippen LogP contribution in [0.15, 0.2) is 18.2 Å². The van der Waals surface area contributed by atoms with Gasteiger partial charge in [0.05, 0.1) is 11.4 Å². The minimum absolute atomic E-state index is 0.437. The van der Waals surface area contributed by atoms with Crippen LogP contribution in [0.4, 0.5) is 0 Å².